The van der Waals surface area contributed by atoms with Crippen LogP contribution in [-0.4, -0.2) is 121 Å². The number of ketones is 4. The first-order valence-corrected chi connectivity index (χ1v) is 55.1. The molecule has 0 amide bonds. The summed E-state index contributed by atoms with van der Waals surface area (Å²) in [7, 11) is -5.78. The fraction of sp³-hybridized carbons (Fsp3) is 0.214. The zero-order valence-corrected chi connectivity index (χ0v) is 91.4. The molecule has 4 N–H and O–H groups in total. The molecule has 29 heteroatoms. The van der Waals surface area contributed by atoms with Gasteiger partial charge in [-0.25, -0.2) is 4.98 Å². The van der Waals surface area contributed by atoms with Crippen molar-refractivity contribution in [3.05, 3.63) is 290 Å². The van der Waals surface area contributed by atoms with Crippen molar-refractivity contribution in [2.75, 3.05) is 0 Å². The number of furan rings is 4. The van der Waals surface area contributed by atoms with E-state index in [9.17, 15) is 19.2 Å². The normalized spacial score (nSPS) is 11.6. The number of nitrogens with zero attached hydrogens (tertiary/aromatic N) is 9. The number of aryl methyl sites for hydroxylation is 3. The molecule has 0 atom stereocenters. The number of carbonyl (C=O) groups is 4. The Kier molecular flexibility index (Phi) is 40.2. The van der Waals surface area contributed by atoms with Crippen molar-refractivity contribution < 1.29 is 138 Å². The minimum absolute atomic E-state index is 0. The van der Waals surface area contributed by atoms with Gasteiger partial charge in [-0.2, -0.15) is 0 Å². The van der Waals surface area contributed by atoms with Gasteiger partial charge in [-0.05, 0) is 191 Å². The molecule has 13 aromatic heterocycles. The van der Waals surface area contributed by atoms with Crippen LogP contribution in [-0.2, 0) is 99.6 Å². The number of aromatic nitrogens is 9. The van der Waals surface area contributed by atoms with E-state index in [2.05, 4.69) is 234 Å². The second-order valence-electron chi connectivity index (χ2n) is 34.6. The molecule has 17 rings (SSSR count). The largest absolute Gasteiger partial charge is 0.512 e. The van der Waals surface area contributed by atoms with Crippen LogP contribution in [0.15, 0.2) is 266 Å². The second kappa shape index (κ2) is 48.4. The number of benzene rings is 4. The van der Waals surface area contributed by atoms with Crippen molar-refractivity contribution in [2.45, 2.75) is 148 Å². The second-order valence-corrected chi connectivity index (χ2v) is 54.2. The monoisotopic (exact) mass is 2550 g/mol. The predicted octanol–water partition coefficient (Wildman–Crippen LogP) is 22.3. The Morgan fingerprint density at radius 2 is 0.735 bits per heavy atom. The van der Waals surface area contributed by atoms with Crippen LogP contribution in [0.4, 0.5) is 0 Å². The van der Waals surface area contributed by atoms with Crippen LogP contribution in [0.1, 0.15) is 72.5 Å². The summed E-state index contributed by atoms with van der Waals surface area (Å²) in [6.45, 7) is 42.9. The Morgan fingerprint density at radius 3 is 1.17 bits per heavy atom. The first-order chi connectivity index (χ1) is 60.4. The van der Waals surface area contributed by atoms with Gasteiger partial charge in [-0.3, -0.25) is 24.2 Å². The van der Waals surface area contributed by atoms with Gasteiger partial charge in [0.25, 0.3) is 0 Å². The van der Waals surface area contributed by atoms with Gasteiger partial charge in [0.15, 0.2) is 23.1 Å². The molecule has 0 saturated heterocycles. The van der Waals surface area contributed by atoms with E-state index < -0.39 is 32.3 Å². The average Bonchev–Trinajstić information content (AvgIpc) is 1.91. The molecule has 0 aliphatic rings. The zero-order chi connectivity index (χ0) is 93.3. The number of aliphatic hydroxyl groups excluding tert-OH is 4. The molecule has 21 nitrogen and oxygen atoms in total. The molecule has 0 fully saturated rings. The molecule has 0 aliphatic carbocycles. The third-order valence-electron chi connectivity index (χ3n) is 20.0. The summed E-state index contributed by atoms with van der Waals surface area (Å²) < 4.78 is 23.5. The van der Waals surface area contributed by atoms with E-state index in [0.717, 1.165) is 133 Å². The van der Waals surface area contributed by atoms with Crippen molar-refractivity contribution in [2.24, 2.45) is 0 Å². The van der Waals surface area contributed by atoms with Gasteiger partial charge in [0.1, 0.15) is 36.2 Å². The molecule has 692 valence electrons. The maximum atomic E-state index is 10.0. The van der Waals surface area contributed by atoms with E-state index >= 15 is 0 Å². The van der Waals surface area contributed by atoms with Crippen LogP contribution in [0.2, 0.25) is 72.0 Å². The summed E-state index contributed by atoms with van der Waals surface area (Å²) in [4.78, 5) is 80.7. The van der Waals surface area contributed by atoms with E-state index in [0.29, 0.717) is 17.1 Å². The van der Waals surface area contributed by atoms with Crippen molar-refractivity contribution in [3.8, 4) is 45.0 Å². The molecular weight excluding hydrogens is 2440 g/mol. The van der Waals surface area contributed by atoms with Crippen LogP contribution in [0.3, 0.4) is 0 Å². The quantitative estimate of drug-likeness (QED) is 0.0361. The Bertz CT molecular complexity index is 6860. The molecule has 0 unspecified atom stereocenters. The summed E-state index contributed by atoms with van der Waals surface area (Å²) in [5.41, 5.74) is 15.9. The zero-order valence-electron chi connectivity index (χ0n) is 77.8. The smallest absolute Gasteiger partial charge is 0.216 e. The Morgan fingerprint density at radius 1 is 0.333 bits per heavy atom. The molecule has 0 spiro atoms. The molecule has 132 heavy (non-hydrogen) atoms. The third kappa shape index (κ3) is 29.9. The van der Waals surface area contributed by atoms with Crippen molar-refractivity contribution in [1.82, 2.24) is 44.9 Å². The predicted molar refractivity (Wildman–Crippen MR) is 527 cm³/mol. The first kappa shape index (κ1) is 109. The van der Waals surface area contributed by atoms with Crippen LogP contribution in [0, 0.1) is 45.4 Å². The molecule has 4 aromatic carbocycles. The van der Waals surface area contributed by atoms with Gasteiger partial charge in [0.2, 0.25) is 5.71 Å². The van der Waals surface area contributed by atoms with Gasteiger partial charge in [-0.15, -0.1) is 47.0 Å². The van der Waals surface area contributed by atoms with Crippen molar-refractivity contribution in [1.29, 1.82) is 0 Å². The number of hydrogen-bond acceptors (Lipinski definition) is 21. The Hall–Kier alpha value is -11.3. The number of carbonyl (C=O) groups excluding carboxylic acids is 4. The van der Waals surface area contributed by atoms with Gasteiger partial charge < -0.3 is 73.0 Å². The van der Waals surface area contributed by atoms with E-state index in [-0.39, 0.29) is 127 Å². The molecule has 0 bridgehead atoms. The van der Waals surface area contributed by atoms with E-state index in [1.165, 1.54) is 106 Å². The summed E-state index contributed by atoms with van der Waals surface area (Å²) in [6, 6.07) is 61.3. The van der Waals surface area contributed by atoms with Crippen LogP contribution >= 0.6 is 0 Å². The van der Waals surface area contributed by atoms with Crippen LogP contribution in [0.5, 0.6) is 0 Å². The average molecular weight is 2540 g/mol. The van der Waals surface area contributed by atoms with Crippen molar-refractivity contribution in [3.63, 3.8) is 0 Å². The van der Waals surface area contributed by atoms with Gasteiger partial charge in [0.05, 0.1) is 64.1 Å². The Balaban J connectivity index is 0.000000245. The standard InChI is InChI=1S/C25H21N2OSi.C20H20N3OSi.2C19H17N2OSi.4C5H8O2.4Ir/c1-17-9-12-21-22-15-18(10-14-24(22)28-25(21)27-17)23-13-11-20(16-26-23)29(2,3)19-7-5-4-6-8-19;1-12-8-16-17-9-14(10-22-20(17)24-19(16)13(2)23-12)18-7-6-15(11-21-18)25(3,4)5;1-23(2,3)14-8-9-17(20-12-14)13-10-16-15-6-4-5-7-18(15)22-19(16)21-11-13;1-23(2,3)13-8-9-17(21-10-13)16-12-20-11-15-14-6-4-5-7-18(14)22-19(15)16;4*1-4(6)3-5(2)7;;;;/h4-9,11-16H,1-3H3;6-9,11H,1-5H3;4-10,12H,1-3H3;4-11H,1-3H3;4*3,6H,1-2H3;;;;/q4*-1;;;;;;;;. The summed E-state index contributed by atoms with van der Waals surface area (Å²) in [5, 5.41) is 48.5. The number of rotatable bonds is 13. The topological polar surface area (TPSA) is 318 Å². The van der Waals surface area contributed by atoms with Gasteiger partial charge >= 0.3 is 0 Å². The number of pyridine rings is 9. The molecule has 0 aliphatic heterocycles. The molecule has 13 heterocycles. The van der Waals surface area contributed by atoms with Crippen molar-refractivity contribution >= 4 is 170 Å². The number of para-hydroxylation sites is 2. The molecule has 0 saturated carbocycles. The van der Waals surface area contributed by atoms with Crippen LogP contribution < -0.4 is 25.9 Å². The summed E-state index contributed by atoms with van der Waals surface area (Å²) >= 11 is 0. The number of aliphatic hydroxyl groups is 4. The minimum Gasteiger partial charge on any atom is -0.512 e. The summed E-state index contributed by atoms with van der Waals surface area (Å²) in [6.07, 6.45) is 23.6. The SMILES string of the molecule is CC(=O)C=C(C)O.CC(=O)C=C(C)O.CC(=O)C=C(C)O.CC(=O)C=C(C)O.C[Si](C)(C)c1ccc(-c2[c-]nc3oc4ccccc4c3c2)nc1.C[Si](C)(C)c1ccc(-c2[c-]ncc3c2oc2ccccc23)nc1.Cc1cc2c(oc3n[c-]c(-c4ccc([Si](C)(C)C)cn4)cc32)c(C)n1.Cc1ccc2c(n1)oc1c[c-]c(-c3ccc([Si](C)(C)c4ccccc4)cn3)cc12.[Ir].[Ir].[Ir].[Ir]. The third-order valence-corrected chi connectivity index (χ3v) is 29.6. The number of fused-ring (bicyclic) bond motifs is 12. The number of hydrogen-bond donors (Lipinski definition) is 4. The van der Waals surface area contributed by atoms with Gasteiger partial charge in [0, 0.05) is 162 Å². The van der Waals surface area contributed by atoms with Gasteiger partial charge in [-0.1, -0.05) is 203 Å². The van der Waals surface area contributed by atoms with Crippen LogP contribution in [0.25, 0.3) is 133 Å². The van der Waals surface area contributed by atoms with E-state index in [1.54, 1.807) is 6.20 Å². The summed E-state index contributed by atoms with van der Waals surface area (Å²) in [5.74, 6) is -0.250. The van der Waals surface area contributed by atoms with E-state index in [1.807, 2.05) is 118 Å². The fourth-order valence-electron chi connectivity index (χ4n) is 13.5. The minimum atomic E-state index is -1.75. The fourth-order valence-corrected chi connectivity index (χ4v) is 18.8. The first-order valence-electron chi connectivity index (χ1n) is 41.6. The molecule has 4 radical (unpaired) electrons. The maximum Gasteiger partial charge on any atom is 0.216 e. The Labute approximate surface area is 827 Å². The molecular formula is C103H107Ir4N9O12Si4-4. The maximum absolute atomic E-state index is 10.0. The molecule has 17 aromatic rings. The number of allylic oxidation sites excluding steroid dienone is 8. The van der Waals surface area contributed by atoms with E-state index in [4.69, 9.17) is 43.1 Å².